The van der Waals surface area contributed by atoms with E-state index in [4.69, 9.17) is 22.3 Å². The van der Waals surface area contributed by atoms with E-state index in [1.165, 1.54) is 6.92 Å². The third kappa shape index (κ3) is 11.2. The van der Waals surface area contributed by atoms with Gasteiger partial charge in [0.15, 0.2) is 5.96 Å². The van der Waals surface area contributed by atoms with Crippen molar-refractivity contribution in [2.24, 2.45) is 28.1 Å². The van der Waals surface area contributed by atoms with Gasteiger partial charge in [-0.1, -0.05) is 20.3 Å². The van der Waals surface area contributed by atoms with E-state index >= 15 is 0 Å². The van der Waals surface area contributed by atoms with Crippen LogP contribution >= 0.6 is 12.6 Å². The van der Waals surface area contributed by atoms with Gasteiger partial charge in [0.05, 0.1) is 12.1 Å². The van der Waals surface area contributed by atoms with Crippen LogP contribution in [0.2, 0.25) is 0 Å². The standard InChI is InChI=1S/C19H37N7O6S/c1-4-9(2)13(25-15(28)11(20)6-5-7-23-19(21)22)16(29)26-14(10(3)27)17(30)24-12(8-33)18(31)32/h9-14,27,33H,4-8,20H2,1-3H3,(H,24,30)(H,25,28)(H,26,29)(H,31,32)(H4,21,22,23). The Labute approximate surface area is 198 Å². The van der Waals surface area contributed by atoms with E-state index in [9.17, 15) is 24.3 Å². The summed E-state index contributed by atoms with van der Waals surface area (Å²) in [7, 11) is 0. The van der Waals surface area contributed by atoms with Gasteiger partial charge in [0, 0.05) is 12.3 Å². The molecular weight excluding hydrogens is 454 g/mol. The number of carboxylic acid groups (broad SMARTS) is 1. The Balaban J connectivity index is 5.28. The lowest BCUT2D eigenvalue weighted by Crippen LogP contribution is -2.61. The molecule has 33 heavy (non-hydrogen) atoms. The average molecular weight is 492 g/mol. The van der Waals surface area contributed by atoms with Gasteiger partial charge in [-0.25, -0.2) is 4.79 Å². The summed E-state index contributed by atoms with van der Waals surface area (Å²) in [6.45, 7) is 5.11. The van der Waals surface area contributed by atoms with Gasteiger partial charge < -0.3 is 43.4 Å². The predicted molar refractivity (Wildman–Crippen MR) is 126 cm³/mol. The minimum absolute atomic E-state index is 0.0673. The lowest BCUT2D eigenvalue weighted by atomic mass is 9.97. The van der Waals surface area contributed by atoms with E-state index in [0.29, 0.717) is 19.4 Å². The van der Waals surface area contributed by atoms with Crippen LogP contribution in [0.1, 0.15) is 40.0 Å². The molecule has 6 atom stereocenters. The van der Waals surface area contributed by atoms with Crippen molar-refractivity contribution in [3.05, 3.63) is 0 Å². The van der Waals surface area contributed by atoms with Crippen molar-refractivity contribution in [3.63, 3.8) is 0 Å². The van der Waals surface area contributed by atoms with Crippen LogP contribution in [0.4, 0.5) is 0 Å². The molecule has 0 bridgehead atoms. The summed E-state index contributed by atoms with van der Waals surface area (Å²) in [6, 6.07) is -4.71. The number of nitrogens with two attached hydrogens (primary N) is 3. The lowest BCUT2D eigenvalue weighted by molar-refractivity contribution is -0.142. The number of guanidine groups is 1. The first-order chi connectivity index (χ1) is 15.3. The number of carboxylic acids is 1. The van der Waals surface area contributed by atoms with Gasteiger partial charge in [0.2, 0.25) is 17.7 Å². The summed E-state index contributed by atoms with van der Waals surface area (Å²) < 4.78 is 0. The molecule has 0 aliphatic heterocycles. The highest BCUT2D eigenvalue weighted by Crippen LogP contribution is 2.10. The van der Waals surface area contributed by atoms with E-state index in [-0.39, 0.29) is 24.1 Å². The predicted octanol–water partition coefficient (Wildman–Crippen LogP) is -2.74. The van der Waals surface area contributed by atoms with Gasteiger partial charge in [-0.15, -0.1) is 0 Å². The molecule has 0 saturated carbocycles. The number of aliphatic hydroxyl groups is 1. The van der Waals surface area contributed by atoms with Crippen molar-refractivity contribution >= 4 is 42.3 Å². The van der Waals surface area contributed by atoms with Crippen molar-refractivity contribution in [2.75, 3.05) is 12.3 Å². The highest BCUT2D eigenvalue weighted by atomic mass is 32.1. The molecule has 0 spiro atoms. The Morgan fingerprint density at radius 3 is 2.00 bits per heavy atom. The topological polar surface area (TPSA) is 235 Å². The molecule has 6 unspecified atom stereocenters. The fraction of sp³-hybridized carbons (Fsp3) is 0.737. The molecule has 13 nitrogen and oxygen atoms in total. The van der Waals surface area contributed by atoms with Crippen LogP contribution in [0, 0.1) is 5.92 Å². The smallest absolute Gasteiger partial charge is 0.327 e. The maximum Gasteiger partial charge on any atom is 0.327 e. The van der Waals surface area contributed by atoms with Crippen LogP contribution in [0.15, 0.2) is 4.99 Å². The normalized spacial score (nSPS) is 16.3. The van der Waals surface area contributed by atoms with Gasteiger partial charge in [-0.2, -0.15) is 12.6 Å². The fourth-order valence-corrected chi connectivity index (χ4v) is 2.96. The van der Waals surface area contributed by atoms with Crippen molar-refractivity contribution < 1.29 is 29.4 Å². The number of carbonyl (C=O) groups is 4. The Morgan fingerprint density at radius 1 is 1.00 bits per heavy atom. The molecule has 0 aromatic heterocycles. The minimum atomic E-state index is -1.45. The van der Waals surface area contributed by atoms with Gasteiger partial charge in [-0.05, 0) is 25.7 Å². The number of amides is 3. The molecule has 0 radical (unpaired) electrons. The molecule has 0 aromatic rings. The van der Waals surface area contributed by atoms with E-state index in [1.807, 2.05) is 6.92 Å². The lowest BCUT2D eigenvalue weighted by Gasteiger charge is -2.28. The summed E-state index contributed by atoms with van der Waals surface area (Å²) in [5, 5.41) is 26.2. The Bertz CT molecular complexity index is 702. The van der Waals surface area contributed by atoms with Crippen molar-refractivity contribution in [1.29, 1.82) is 0 Å². The fourth-order valence-electron chi connectivity index (χ4n) is 2.71. The van der Waals surface area contributed by atoms with Crippen molar-refractivity contribution in [1.82, 2.24) is 16.0 Å². The molecular formula is C19H37N7O6S. The monoisotopic (exact) mass is 491 g/mol. The zero-order chi connectivity index (χ0) is 25.7. The van der Waals surface area contributed by atoms with Gasteiger partial charge in [-0.3, -0.25) is 19.4 Å². The number of carbonyl (C=O) groups excluding carboxylic acids is 3. The van der Waals surface area contributed by atoms with E-state index < -0.39 is 54.0 Å². The number of rotatable bonds is 15. The summed E-state index contributed by atoms with van der Waals surface area (Å²) in [5.41, 5.74) is 16.4. The number of nitrogens with zero attached hydrogens (tertiary/aromatic N) is 1. The van der Waals surface area contributed by atoms with Gasteiger partial charge >= 0.3 is 5.97 Å². The molecule has 0 heterocycles. The molecule has 190 valence electrons. The number of hydrogen-bond donors (Lipinski definition) is 9. The van der Waals surface area contributed by atoms with Gasteiger partial charge in [0.25, 0.3) is 0 Å². The molecule has 0 rings (SSSR count). The molecule has 0 fully saturated rings. The van der Waals surface area contributed by atoms with Crippen molar-refractivity contribution in [2.45, 2.75) is 70.3 Å². The molecule has 0 aromatic carbocycles. The third-order valence-corrected chi connectivity index (χ3v) is 5.32. The van der Waals surface area contributed by atoms with Crippen LogP contribution < -0.4 is 33.2 Å². The van der Waals surface area contributed by atoms with Crippen LogP contribution in [0.3, 0.4) is 0 Å². The van der Waals surface area contributed by atoms with Crippen LogP contribution in [-0.2, 0) is 19.2 Å². The van der Waals surface area contributed by atoms with E-state index in [2.05, 4.69) is 33.6 Å². The van der Waals surface area contributed by atoms with Crippen LogP contribution in [0.5, 0.6) is 0 Å². The molecule has 0 aliphatic carbocycles. The Kier molecular flexibility index (Phi) is 14.1. The second kappa shape index (κ2) is 15.3. The number of nitrogens with one attached hydrogen (secondary N) is 3. The minimum Gasteiger partial charge on any atom is -0.480 e. The zero-order valence-corrected chi connectivity index (χ0v) is 20.0. The molecule has 14 heteroatoms. The molecule has 0 aliphatic rings. The number of aliphatic hydroxyl groups excluding tert-OH is 1. The SMILES string of the molecule is CCC(C)C(NC(=O)C(N)CCCN=C(N)N)C(=O)NC(C(=O)NC(CS)C(=O)O)C(C)O. The quantitative estimate of drug-likeness (QED) is 0.0499. The first-order valence-corrected chi connectivity index (χ1v) is 11.2. The second-order valence-electron chi connectivity index (χ2n) is 7.74. The largest absolute Gasteiger partial charge is 0.480 e. The molecule has 11 N–H and O–H groups in total. The third-order valence-electron chi connectivity index (χ3n) is 4.96. The van der Waals surface area contributed by atoms with Crippen molar-refractivity contribution in [3.8, 4) is 0 Å². The van der Waals surface area contributed by atoms with Crippen LogP contribution in [-0.4, -0.2) is 82.4 Å². The molecule has 3 amide bonds. The van der Waals surface area contributed by atoms with Crippen LogP contribution in [0.25, 0.3) is 0 Å². The van der Waals surface area contributed by atoms with E-state index in [0.717, 1.165) is 0 Å². The maximum absolute atomic E-state index is 12.9. The Hall–Kier alpha value is -2.58. The van der Waals surface area contributed by atoms with E-state index in [1.54, 1.807) is 6.92 Å². The van der Waals surface area contributed by atoms with Gasteiger partial charge in [0.1, 0.15) is 18.1 Å². The highest BCUT2D eigenvalue weighted by Gasteiger charge is 2.34. The summed E-state index contributed by atoms with van der Waals surface area (Å²) in [4.78, 5) is 52.8. The average Bonchev–Trinajstić information content (AvgIpc) is 2.74. The maximum atomic E-state index is 12.9. The first kappa shape index (κ1) is 30.4. The summed E-state index contributed by atoms with van der Waals surface area (Å²) in [6.07, 6.45) is -0.0948. The Morgan fingerprint density at radius 2 is 1.55 bits per heavy atom. The summed E-state index contributed by atoms with van der Waals surface area (Å²) >= 11 is 3.86. The number of aliphatic carboxylic acids is 1. The number of thiol groups is 1. The highest BCUT2D eigenvalue weighted by molar-refractivity contribution is 7.80. The second-order valence-corrected chi connectivity index (χ2v) is 8.10. The number of hydrogen-bond acceptors (Lipinski definition) is 8. The first-order valence-electron chi connectivity index (χ1n) is 10.6. The zero-order valence-electron chi connectivity index (χ0n) is 19.2. The summed E-state index contributed by atoms with van der Waals surface area (Å²) in [5.74, 6) is -4.08. The number of aliphatic imine (C=N–C) groups is 1. The molecule has 0 saturated heterocycles.